The third-order valence-corrected chi connectivity index (χ3v) is 4.46. The van der Waals surface area contributed by atoms with E-state index >= 15 is 0 Å². The maximum Gasteiger partial charge on any atom is 0.340 e. The Balaban J connectivity index is 1.87. The lowest BCUT2D eigenvalue weighted by Crippen LogP contribution is -2.07. The summed E-state index contributed by atoms with van der Waals surface area (Å²) in [7, 11) is 0. The van der Waals surface area contributed by atoms with E-state index in [-0.39, 0.29) is 5.97 Å². The molecule has 4 rings (SSSR count). The lowest BCUT2D eigenvalue weighted by Gasteiger charge is -2.13. The number of rotatable bonds is 4. The van der Waals surface area contributed by atoms with Crippen LogP contribution in [0.2, 0.25) is 0 Å². The third kappa shape index (κ3) is 3.29. The van der Waals surface area contributed by atoms with E-state index in [0.29, 0.717) is 12.2 Å². The van der Waals surface area contributed by atoms with Crippen molar-refractivity contribution in [3.8, 4) is 22.3 Å². The Morgan fingerprint density at radius 2 is 1.56 bits per heavy atom. The summed E-state index contributed by atoms with van der Waals surface area (Å²) in [4.78, 5) is 21.0. The van der Waals surface area contributed by atoms with Gasteiger partial charge in [0.05, 0.1) is 17.7 Å². The summed E-state index contributed by atoms with van der Waals surface area (Å²) in [6.45, 7) is 2.13. The van der Waals surface area contributed by atoms with Gasteiger partial charge in [-0.3, -0.25) is 9.97 Å². The van der Waals surface area contributed by atoms with Crippen LogP contribution >= 0.6 is 0 Å². The average Bonchev–Trinajstić information content (AvgIpc) is 2.74. The van der Waals surface area contributed by atoms with Gasteiger partial charge in [-0.2, -0.15) is 0 Å². The summed E-state index contributed by atoms with van der Waals surface area (Å²) >= 11 is 0. The minimum atomic E-state index is -0.357. The molecule has 0 amide bonds. The summed E-state index contributed by atoms with van der Waals surface area (Å²) in [5.74, 6) is -0.357. The zero-order chi connectivity index (χ0) is 18.6. The number of pyridine rings is 2. The van der Waals surface area contributed by atoms with Gasteiger partial charge < -0.3 is 4.74 Å². The number of ether oxygens (including phenoxy) is 1. The van der Waals surface area contributed by atoms with Crippen molar-refractivity contribution in [2.75, 3.05) is 6.61 Å². The van der Waals surface area contributed by atoms with E-state index in [2.05, 4.69) is 22.1 Å². The van der Waals surface area contributed by atoms with E-state index in [1.165, 1.54) is 0 Å². The van der Waals surface area contributed by atoms with Crippen LogP contribution in [-0.4, -0.2) is 22.5 Å². The highest BCUT2D eigenvalue weighted by atomic mass is 16.5. The van der Waals surface area contributed by atoms with E-state index in [9.17, 15) is 4.79 Å². The van der Waals surface area contributed by atoms with Gasteiger partial charge in [-0.05, 0) is 41.8 Å². The van der Waals surface area contributed by atoms with E-state index in [1.807, 2.05) is 48.5 Å². The number of nitrogens with zero attached hydrogens (tertiary/aromatic N) is 2. The molecule has 0 bridgehead atoms. The highest BCUT2D eigenvalue weighted by molar-refractivity contribution is 6.06. The zero-order valence-electron chi connectivity index (χ0n) is 14.9. The van der Waals surface area contributed by atoms with Gasteiger partial charge in [0.15, 0.2) is 0 Å². The van der Waals surface area contributed by atoms with Crippen LogP contribution in [0.4, 0.5) is 0 Å². The molecule has 2 aromatic carbocycles. The van der Waals surface area contributed by atoms with Crippen molar-refractivity contribution >= 4 is 16.9 Å². The van der Waals surface area contributed by atoms with Crippen molar-refractivity contribution < 1.29 is 9.53 Å². The molecular formula is C23H18N2O2. The van der Waals surface area contributed by atoms with E-state index < -0.39 is 0 Å². The Labute approximate surface area is 157 Å². The van der Waals surface area contributed by atoms with Gasteiger partial charge in [0.2, 0.25) is 0 Å². The van der Waals surface area contributed by atoms with Crippen LogP contribution in [0.3, 0.4) is 0 Å². The largest absolute Gasteiger partial charge is 0.462 e. The van der Waals surface area contributed by atoms with Gasteiger partial charge in [-0.1, -0.05) is 42.5 Å². The van der Waals surface area contributed by atoms with E-state index in [1.54, 1.807) is 25.5 Å². The summed E-state index contributed by atoms with van der Waals surface area (Å²) in [5.41, 5.74) is 5.32. The van der Waals surface area contributed by atoms with Gasteiger partial charge in [-0.25, -0.2) is 4.79 Å². The molecule has 2 aromatic heterocycles. The van der Waals surface area contributed by atoms with Gasteiger partial charge >= 0.3 is 5.97 Å². The third-order valence-electron chi connectivity index (χ3n) is 4.46. The molecule has 0 fully saturated rings. The number of fused-ring (bicyclic) bond motifs is 1. The van der Waals surface area contributed by atoms with Crippen LogP contribution in [0, 0.1) is 0 Å². The molecule has 0 aliphatic carbocycles. The first-order valence-corrected chi connectivity index (χ1v) is 8.83. The fourth-order valence-electron chi connectivity index (χ4n) is 3.19. The Morgan fingerprint density at radius 1 is 0.889 bits per heavy atom. The number of esters is 1. The average molecular weight is 354 g/mol. The van der Waals surface area contributed by atoms with Crippen LogP contribution in [-0.2, 0) is 4.74 Å². The number of hydrogen-bond acceptors (Lipinski definition) is 4. The quantitative estimate of drug-likeness (QED) is 0.476. The molecule has 4 heteroatoms. The second kappa shape index (κ2) is 7.38. The zero-order valence-corrected chi connectivity index (χ0v) is 14.9. The first kappa shape index (κ1) is 16.9. The second-order valence-corrected chi connectivity index (χ2v) is 6.10. The maximum atomic E-state index is 12.5. The van der Waals surface area contributed by atoms with Crippen LogP contribution in [0.1, 0.15) is 17.3 Å². The molecule has 0 aliphatic rings. The minimum absolute atomic E-state index is 0.325. The normalized spacial score (nSPS) is 10.7. The number of carbonyl (C=O) groups is 1. The van der Waals surface area contributed by atoms with E-state index in [0.717, 1.165) is 33.2 Å². The SMILES string of the molecule is CCOC(=O)c1cnc2ccccc2c1-c1ccc(-c2ccncc2)cc1. The molecule has 0 atom stereocenters. The van der Waals surface area contributed by atoms with Gasteiger partial charge in [0.1, 0.15) is 0 Å². The summed E-state index contributed by atoms with van der Waals surface area (Å²) < 4.78 is 5.25. The van der Waals surface area contributed by atoms with Crippen LogP contribution < -0.4 is 0 Å². The number of carbonyl (C=O) groups excluding carboxylic acids is 1. The molecule has 0 aliphatic heterocycles. The molecule has 4 aromatic rings. The van der Waals surface area contributed by atoms with Crippen molar-refractivity contribution in [3.05, 3.63) is 84.8 Å². The molecule has 0 saturated carbocycles. The number of aromatic nitrogens is 2. The number of hydrogen-bond donors (Lipinski definition) is 0. The molecule has 0 spiro atoms. The van der Waals surface area contributed by atoms with Gasteiger partial charge in [0.25, 0.3) is 0 Å². The van der Waals surface area contributed by atoms with Gasteiger partial charge in [-0.15, -0.1) is 0 Å². The summed E-state index contributed by atoms with van der Waals surface area (Å²) in [6, 6.07) is 19.9. The lowest BCUT2D eigenvalue weighted by atomic mass is 9.95. The molecule has 27 heavy (non-hydrogen) atoms. The van der Waals surface area contributed by atoms with Crippen molar-refractivity contribution in [1.82, 2.24) is 9.97 Å². The van der Waals surface area contributed by atoms with Crippen molar-refractivity contribution in [1.29, 1.82) is 0 Å². The Morgan fingerprint density at radius 3 is 2.30 bits per heavy atom. The number of benzene rings is 2. The monoisotopic (exact) mass is 354 g/mol. The number of para-hydroxylation sites is 1. The van der Waals surface area contributed by atoms with Crippen LogP contribution in [0.25, 0.3) is 33.2 Å². The van der Waals surface area contributed by atoms with E-state index in [4.69, 9.17) is 4.74 Å². The van der Waals surface area contributed by atoms with Crippen LogP contribution in [0.15, 0.2) is 79.3 Å². The second-order valence-electron chi connectivity index (χ2n) is 6.10. The molecule has 0 unspecified atom stereocenters. The maximum absolute atomic E-state index is 12.5. The standard InChI is InChI=1S/C23H18N2O2/c1-2-27-23(26)20-15-25-21-6-4-3-5-19(21)22(20)18-9-7-16(8-10-18)17-11-13-24-14-12-17/h3-15H,2H2,1H3. The Kier molecular flexibility index (Phi) is 4.62. The fraction of sp³-hybridized carbons (Fsp3) is 0.0870. The topological polar surface area (TPSA) is 52.1 Å². The predicted molar refractivity (Wildman–Crippen MR) is 106 cm³/mol. The van der Waals surface area contributed by atoms with Crippen LogP contribution in [0.5, 0.6) is 0 Å². The molecular weight excluding hydrogens is 336 g/mol. The molecule has 2 heterocycles. The lowest BCUT2D eigenvalue weighted by molar-refractivity contribution is 0.0527. The first-order chi connectivity index (χ1) is 13.3. The summed E-state index contributed by atoms with van der Waals surface area (Å²) in [5, 5.41) is 0.930. The first-order valence-electron chi connectivity index (χ1n) is 8.83. The van der Waals surface area contributed by atoms with Crippen molar-refractivity contribution in [2.24, 2.45) is 0 Å². The summed E-state index contributed by atoms with van der Waals surface area (Å²) in [6.07, 6.45) is 5.16. The minimum Gasteiger partial charge on any atom is -0.462 e. The molecule has 0 radical (unpaired) electrons. The Hall–Kier alpha value is -3.53. The highest BCUT2D eigenvalue weighted by Crippen LogP contribution is 2.33. The smallest absolute Gasteiger partial charge is 0.340 e. The fourth-order valence-corrected chi connectivity index (χ4v) is 3.19. The van der Waals surface area contributed by atoms with Crippen molar-refractivity contribution in [3.63, 3.8) is 0 Å². The Bertz CT molecular complexity index is 1090. The molecule has 4 nitrogen and oxygen atoms in total. The molecule has 0 saturated heterocycles. The molecule has 0 N–H and O–H groups in total. The molecule has 132 valence electrons. The van der Waals surface area contributed by atoms with Gasteiger partial charge in [0, 0.05) is 29.5 Å². The highest BCUT2D eigenvalue weighted by Gasteiger charge is 2.18. The predicted octanol–water partition coefficient (Wildman–Crippen LogP) is 5.14. The van der Waals surface area contributed by atoms with Crippen molar-refractivity contribution in [2.45, 2.75) is 6.92 Å².